The quantitative estimate of drug-likeness (QED) is 0.205. The van der Waals surface area contributed by atoms with Crippen LogP contribution in [-0.2, 0) is 5.04 Å². The number of pyridine rings is 1. The van der Waals surface area contributed by atoms with Gasteiger partial charge in [0.2, 0.25) is 11.0 Å². The minimum Gasteiger partial charge on any atom is -0.149 e. The molecule has 0 amide bonds. The SMILES string of the molecule is [2H]C([2H])([2H])[Si]1(C)c2c(C)n(C(C)C)[n+]3c4c(C(C)C)cccc4c4cccc(c4c23)C1(C)C. The van der Waals surface area contributed by atoms with Crippen molar-refractivity contribution in [1.82, 2.24) is 4.68 Å². The predicted octanol–water partition coefficient (Wildman–Crippen LogP) is 6.29. The molecule has 2 nitrogen and oxygen atoms in total. The van der Waals surface area contributed by atoms with Crippen molar-refractivity contribution in [3.63, 3.8) is 0 Å². The summed E-state index contributed by atoms with van der Waals surface area (Å²) in [5, 5.41) is 4.40. The standard InChI is InChI=1S/C27H35N2Si/c1-16(2)19-12-10-14-21-20-13-11-15-22-23(20)25-26(30(8,9)27(22,6)7)18(5)28(17(3)4)29(25)24(19)21/h10-17H,1-9H3/q+1/i8D3. The van der Waals surface area contributed by atoms with Gasteiger partial charge in [0.1, 0.15) is 8.07 Å². The zero-order valence-corrected chi connectivity index (χ0v) is 20.5. The van der Waals surface area contributed by atoms with Crippen molar-refractivity contribution in [2.45, 2.75) is 78.5 Å². The Morgan fingerprint density at radius 3 is 2.30 bits per heavy atom. The van der Waals surface area contributed by atoms with Gasteiger partial charge in [0.05, 0.1) is 22.5 Å². The molecule has 0 radical (unpaired) electrons. The van der Waals surface area contributed by atoms with E-state index < -0.39 is 19.6 Å². The van der Waals surface area contributed by atoms with E-state index in [0.717, 1.165) is 16.4 Å². The fourth-order valence-electron chi connectivity index (χ4n) is 5.93. The summed E-state index contributed by atoms with van der Waals surface area (Å²) in [5.41, 5.74) is 5.96. The van der Waals surface area contributed by atoms with Crippen molar-refractivity contribution in [1.29, 1.82) is 0 Å². The Balaban J connectivity index is 2.25. The molecule has 1 aliphatic rings. The normalized spacial score (nSPS) is 22.4. The fraction of sp³-hybridized carbons (Fsp3) is 0.444. The first kappa shape index (κ1) is 16.5. The van der Waals surface area contributed by atoms with Crippen LogP contribution in [0, 0.1) is 6.92 Å². The maximum absolute atomic E-state index is 8.84. The van der Waals surface area contributed by atoms with Crippen LogP contribution in [-0.4, -0.2) is 12.8 Å². The Morgan fingerprint density at radius 1 is 1.00 bits per heavy atom. The van der Waals surface area contributed by atoms with E-state index in [1.165, 1.54) is 32.8 Å². The third-order valence-electron chi connectivity index (χ3n) is 7.77. The molecule has 0 aliphatic carbocycles. The molecular formula is C27H35N2Si+. The van der Waals surface area contributed by atoms with Gasteiger partial charge in [-0.3, -0.25) is 0 Å². The molecule has 4 aromatic rings. The minimum absolute atomic E-state index is 0.204. The number of fused-ring (bicyclic) bond motifs is 3. The maximum atomic E-state index is 8.84. The van der Waals surface area contributed by atoms with E-state index in [-0.39, 0.29) is 6.04 Å². The number of hydrogen-bond acceptors (Lipinski definition) is 0. The van der Waals surface area contributed by atoms with Gasteiger partial charge in [-0.25, -0.2) is 0 Å². The van der Waals surface area contributed by atoms with E-state index in [0.29, 0.717) is 5.92 Å². The third-order valence-corrected chi connectivity index (χ3v) is 12.1. The molecule has 156 valence electrons. The number of para-hydroxylation sites is 1. The van der Waals surface area contributed by atoms with Crippen molar-refractivity contribution >= 4 is 40.5 Å². The molecule has 3 heteroatoms. The average Bonchev–Trinajstić information content (AvgIpc) is 3.04. The van der Waals surface area contributed by atoms with Crippen molar-refractivity contribution in [2.24, 2.45) is 0 Å². The lowest BCUT2D eigenvalue weighted by Gasteiger charge is -2.42. The van der Waals surface area contributed by atoms with Gasteiger partial charge in [0.25, 0.3) is 0 Å². The molecule has 1 atom stereocenters. The van der Waals surface area contributed by atoms with Crippen LogP contribution in [0.1, 0.15) is 74.4 Å². The van der Waals surface area contributed by atoms with Gasteiger partial charge >= 0.3 is 0 Å². The lowest BCUT2D eigenvalue weighted by atomic mass is 9.90. The van der Waals surface area contributed by atoms with E-state index in [1.807, 2.05) is 0 Å². The van der Waals surface area contributed by atoms with Crippen LogP contribution in [0.4, 0.5) is 0 Å². The number of hydrogen-bond donors (Lipinski definition) is 0. The first-order valence-corrected chi connectivity index (χ1v) is 13.7. The summed E-state index contributed by atoms with van der Waals surface area (Å²) in [6.07, 6.45) is 0. The monoisotopic (exact) mass is 418 g/mol. The lowest BCUT2D eigenvalue weighted by Crippen LogP contribution is -2.60. The molecule has 0 N–H and O–H groups in total. The largest absolute Gasteiger partial charge is 0.247 e. The van der Waals surface area contributed by atoms with Crippen LogP contribution in [0.2, 0.25) is 13.0 Å². The summed E-state index contributed by atoms with van der Waals surface area (Å²) in [7, 11) is -3.04. The van der Waals surface area contributed by atoms with Crippen molar-refractivity contribution in [3.05, 3.63) is 53.2 Å². The summed E-state index contributed by atoms with van der Waals surface area (Å²) in [4.78, 5) is 0. The Hall–Kier alpha value is -2.13. The molecule has 2 aromatic heterocycles. The Bertz CT molecular complexity index is 1460. The first-order chi connectivity index (χ1) is 15.3. The highest BCUT2D eigenvalue weighted by Gasteiger charge is 2.52. The second-order valence-electron chi connectivity index (χ2n) is 10.4. The molecule has 0 fully saturated rings. The van der Waals surface area contributed by atoms with E-state index in [1.54, 1.807) is 0 Å². The summed E-state index contributed by atoms with van der Waals surface area (Å²) in [5.74, 6) is 0.356. The van der Waals surface area contributed by atoms with Gasteiger partial charge in [0, 0.05) is 20.2 Å². The van der Waals surface area contributed by atoms with Crippen LogP contribution in [0.15, 0.2) is 36.4 Å². The van der Waals surface area contributed by atoms with Crippen LogP contribution in [0.3, 0.4) is 0 Å². The summed E-state index contributed by atoms with van der Waals surface area (Å²) in [6, 6.07) is 13.4. The Kier molecular flexibility index (Phi) is 3.29. The summed E-state index contributed by atoms with van der Waals surface area (Å²) in [6.45, 7) is 15.5. The van der Waals surface area contributed by atoms with E-state index in [9.17, 15) is 0 Å². The molecule has 1 aliphatic heterocycles. The number of rotatable bonds is 2. The van der Waals surface area contributed by atoms with Crippen LogP contribution in [0.5, 0.6) is 0 Å². The molecule has 5 rings (SSSR count). The summed E-state index contributed by atoms with van der Waals surface area (Å²) >= 11 is 0. The Labute approximate surface area is 185 Å². The highest BCUT2D eigenvalue weighted by Crippen LogP contribution is 2.45. The molecule has 0 saturated heterocycles. The van der Waals surface area contributed by atoms with Crippen molar-refractivity contribution in [2.75, 3.05) is 0 Å². The lowest BCUT2D eigenvalue weighted by molar-refractivity contribution is -0.586. The molecule has 3 heterocycles. The number of aromatic nitrogens is 2. The molecule has 1 unspecified atom stereocenters. The van der Waals surface area contributed by atoms with Gasteiger partial charge in [0.15, 0.2) is 0 Å². The van der Waals surface area contributed by atoms with Gasteiger partial charge in [-0.05, 0) is 43.4 Å². The molecular weight excluding hydrogens is 380 g/mol. The third kappa shape index (κ3) is 2.12. The molecule has 2 aromatic carbocycles. The Morgan fingerprint density at radius 2 is 1.67 bits per heavy atom. The molecule has 0 bridgehead atoms. The maximum Gasteiger partial charge on any atom is 0.247 e. The average molecular weight is 419 g/mol. The highest BCUT2D eigenvalue weighted by atomic mass is 28.3. The van der Waals surface area contributed by atoms with Crippen molar-refractivity contribution < 1.29 is 8.63 Å². The van der Waals surface area contributed by atoms with Gasteiger partial charge in [-0.15, -0.1) is 4.68 Å². The van der Waals surface area contributed by atoms with Gasteiger partial charge < -0.3 is 0 Å². The minimum atomic E-state index is -3.04. The van der Waals surface area contributed by atoms with Gasteiger partial charge in [-0.2, -0.15) is 0 Å². The van der Waals surface area contributed by atoms with Crippen LogP contribution < -0.4 is 9.70 Å². The molecule has 0 saturated carbocycles. The van der Waals surface area contributed by atoms with E-state index >= 15 is 0 Å². The van der Waals surface area contributed by atoms with E-state index in [4.69, 9.17) is 4.11 Å². The fourth-order valence-corrected chi connectivity index (χ4v) is 8.85. The first-order valence-electron chi connectivity index (χ1n) is 12.7. The predicted molar refractivity (Wildman–Crippen MR) is 132 cm³/mol. The van der Waals surface area contributed by atoms with Crippen molar-refractivity contribution in [3.8, 4) is 0 Å². The topological polar surface area (TPSA) is 9.03 Å². The van der Waals surface area contributed by atoms with E-state index in [2.05, 4.69) is 101 Å². The number of nitrogens with zero attached hydrogens (tertiary/aromatic N) is 2. The van der Waals surface area contributed by atoms with Crippen LogP contribution in [0.25, 0.3) is 27.2 Å². The smallest absolute Gasteiger partial charge is 0.149 e. The highest BCUT2D eigenvalue weighted by molar-refractivity contribution is 6.94. The second-order valence-corrected chi connectivity index (χ2v) is 14.4. The molecule has 0 spiro atoms. The number of benzene rings is 2. The molecule has 30 heavy (non-hydrogen) atoms. The summed E-state index contributed by atoms with van der Waals surface area (Å²) < 4.78 is 31.3. The van der Waals surface area contributed by atoms with Crippen LogP contribution >= 0.6 is 0 Å². The zero-order valence-electron chi connectivity index (χ0n) is 22.5. The zero-order chi connectivity index (χ0) is 24.2. The van der Waals surface area contributed by atoms with Gasteiger partial charge in [-0.1, -0.05) is 75.6 Å². The second kappa shape index (κ2) is 5.97.